The zero-order valence-corrected chi connectivity index (χ0v) is 88.4. The summed E-state index contributed by atoms with van der Waals surface area (Å²) in [4.78, 5) is 123. The minimum absolute atomic E-state index is 0.0664. The summed E-state index contributed by atoms with van der Waals surface area (Å²) in [6, 6.07) is 55.7. The number of unbranched alkanes of at least 4 members (excludes halogenated alkanes) is 2. The number of carbonyl (C=O) groups is 5. The van der Waals surface area contributed by atoms with Crippen molar-refractivity contribution in [2.75, 3.05) is 32.7 Å². The average molecular weight is 1970 g/mol. The Morgan fingerprint density at radius 1 is 0.372 bits per heavy atom. The number of amides is 5. The number of fused-ring (bicyclic) bond motifs is 5. The van der Waals surface area contributed by atoms with E-state index in [0.29, 0.717) is 111 Å². The molecule has 0 bridgehead atoms. The van der Waals surface area contributed by atoms with Crippen LogP contribution < -0.4 is 0 Å². The number of pyridine rings is 5. The van der Waals surface area contributed by atoms with Gasteiger partial charge >= 0.3 is 0 Å². The number of hydrogen-bond acceptors (Lipinski definition) is 15. The van der Waals surface area contributed by atoms with Crippen molar-refractivity contribution in [1.82, 2.24) is 97.2 Å². The first-order valence-electron chi connectivity index (χ1n) is 52.9. The quantitative estimate of drug-likeness (QED) is 0.0264. The molecule has 4 fully saturated rings. The van der Waals surface area contributed by atoms with Crippen LogP contribution in [0.3, 0.4) is 0 Å². The predicted octanol–water partition coefficient (Wildman–Crippen LogP) is 25.8. The molecular formula is C119H147ClN20O5. The third-order valence-corrected chi connectivity index (χ3v) is 28.3. The second-order valence-corrected chi connectivity index (χ2v) is 41.8. The molecule has 10 aromatic heterocycles. The number of aryl methyl sites for hydroxylation is 7. The van der Waals surface area contributed by atoms with Gasteiger partial charge in [0.05, 0.1) is 32.7 Å². The van der Waals surface area contributed by atoms with E-state index in [-0.39, 0.29) is 29.5 Å². The van der Waals surface area contributed by atoms with Gasteiger partial charge in [-0.05, 0) is 274 Å². The van der Waals surface area contributed by atoms with Gasteiger partial charge in [-0.15, -0.1) is 6.58 Å². The molecule has 5 amide bonds. The molecule has 0 N–H and O–H groups in total. The maximum Gasteiger partial charge on any atom is 0.254 e. The smallest absolute Gasteiger partial charge is 0.254 e. The highest BCUT2D eigenvalue weighted by Gasteiger charge is 2.34. The maximum absolute atomic E-state index is 13.5. The van der Waals surface area contributed by atoms with Crippen molar-refractivity contribution < 1.29 is 24.0 Å². The first kappa shape index (κ1) is 106. The fraction of sp³-hybridized carbons (Fsp3) is 0.437. The third kappa shape index (κ3) is 27.2. The molecule has 25 nitrogen and oxygen atoms in total. The molecule has 19 rings (SSSR count). The standard InChI is InChI=1S/2C25H32N4O.C24H30N4O.C24H32N4O.C21H21ClN4O/c1-17(2)15-28(25(30)20-12-11-18(3)19(4)14-20)16-23-27-22-10-7-13-26-24(22)29(23)21-8-5-6-9-21;1-3-4-7-17-28(25(30)20-14-12-19(2)13-15-20)18-23-27-22-11-8-16-26-24(22)29(23)21-9-5-6-10-21;1-17(2)15-27(24(29)19-12-10-18(3)11-13-19)16-22-26-21-9-6-14-25-23(21)28(22)20-7-4-5-8-20;1-6-13-28-22(26-21-8-7-12-25-23(21)28)16-27(14-11-17(2)3)24(29)20-10-9-18(4)15-19(20)5;1-2-11-25(21(27)16-5-3-6-17(22)12-16)14-19-24-18-7-4-10-23-20(18)26(19)13-15-8-9-15/h7,10-14,17,21H,5-6,8-9,15-16H2,1-4H3;8,11-16,21H,3-7,9-10,17-18H2,1-2H3;6,9-14,17,20H,4-5,7-8,15-16H2,1-3H3;7-10,12,15,17H,6,11,13-14,16H2,1-5H3;2-7,10,12,15H,1,8-9,11,13-14H2. The highest BCUT2D eigenvalue weighted by atomic mass is 35.5. The molecule has 15 aromatic rings. The van der Waals surface area contributed by atoms with E-state index in [1.807, 2.05) is 198 Å². The second-order valence-electron chi connectivity index (χ2n) is 41.3. The number of imidazole rings is 5. The summed E-state index contributed by atoms with van der Waals surface area (Å²) in [6.45, 7) is 40.9. The molecule has 0 atom stereocenters. The van der Waals surface area contributed by atoms with E-state index in [1.165, 1.54) is 62.5 Å². The lowest BCUT2D eigenvalue weighted by atomic mass is 10.0. The Balaban J connectivity index is 0.000000136. The Hall–Kier alpha value is -13.4. The Kier molecular flexibility index (Phi) is 36.8. The molecule has 0 radical (unpaired) electrons. The first-order valence-corrected chi connectivity index (χ1v) is 53.2. The van der Waals surface area contributed by atoms with E-state index >= 15 is 0 Å². The lowest BCUT2D eigenvalue weighted by molar-refractivity contribution is 0.0709. The molecule has 4 aliphatic carbocycles. The Bertz CT molecular complexity index is 6900. The molecule has 4 aliphatic rings. The number of benzene rings is 5. The summed E-state index contributed by atoms with van der Waals surface area (Å²) in [7, 11) is 0. The molecule has 10 heterocycles. The van der Waals surface area contributed by atoms with Crippen molar-refractivity contribution in [2.24, 2.45) is 23.7 Å². The molecule has 5 aromatic carbocycles. The van der Waals surface area contributed by atoms with Crippen molar-refractivity contribution in [3.63, 3.8) is 0 Å². The van der Waals surface area contributed by atoms with Crippen LogP contribution in [0.25, 0.3) is 55.8 Å². The zero-order chi connectivity index (χ0) is 102. The fourth-order valence-corrected chi connectivity index (χ4v) is 20.4. The second kappa shape index (κ2) is 50.4. The van der Waals surface area contributed by atoms with Crippen LogP contribution in [-0.4, -0.2) is 159 Å². The van der Waals surface area contributed by atoms with E-state index < -0.39 is 0 Å². The Morgan fingerprint density at radius 2 is 0.766 bits per heavy atom. The fourth-order valence-electron chi connectivity index (χ4n) is 20.2. The van der Waals surface area contributed by atoms with Gasteiger partial charge in [-0.3, -0.25) is 24.0 Å². The minimum Gasteiger partial charge on any atom is -0.331 e. The van der Waals surface area contributed by atoms with Crippen LogP contribution >= 0.6 is 11.6 Å². The van der Waals surface area contributed by atoms with Crippen LogP contribution in [0.1, 0.15) is 310 Å². The molecule has 145 heavy (non-hydrogen) atoms. The van der Waals surface area contributed by atoms with Crippen LogP contribution in [0.15, 0.2) is 213 Å². The number of nitrogens with zero attached hydrogens (tertiary/aromatic N) is 20. The van der Waals surface area contributed by atoms with Crippen LogP contribution in [0, 0.1) is 65.2 Å². The predicted molar refractivity (Wildman–Crippen MR) is 581 cm³/mol. The van der Waals surface area contributed by atoms with Gasteiger partial charge < -0.3 is 47.3 Å². The number of halogens is 1. The van der Waals surface area contributed by atoms with Gasteiger partial charge in [0.2, 0.25) is 0 Å². The number of aromatic nitrogens is 15. The maximum atomic E-state index is 13.5. The number of carbonyl (C=O) groups excluding carboxylic acids is 5. The molecule has 26 heteroatoms. The van der Waals surface area contributed by atoms with E-state index in [9.17, 15) is 24.0 Å². The van der Waals surface area contributed by atoms with E-state index in [1.54, 1.807) is 47.6 Å². The summed E-state index contributed by atoms with van der Waals surface area (Å²) in [6.07, 6.45) is 33.0. The zero-order valence-electron chi connectivity index (χ0n) is 87.7. The van der Waals surface area contributed by atoms with Crippen molar-refractivity contribution in [3.8, 4) is 0 Å². The molecule has 0 aliphatic heterocycles. The molecular weight excluding hydrogens is 1820 g/mol. The minimum atomic E-state index is -0.0876. The lowest BCUT2D eigenvalue weighted by Gasteiger charge is -2.26. The third-order valence-electron chi connectivity index (χ3n) is 28.0. The Labute approximate surface area is 860 Å². The summed E-state index contributed by atoms with van der Waals surface area (Å²) in [5.74, 6) is 6.81. The highest BCUT2D eigenvalue weighted by Crippen LogP contribution is 2.39. The summed E-state index contributed by atoms with van der Waals surface area (Å²) >= 11 is 6.06. The number of rotatable bonds is 35. The van der Waals surface area contributed by atoms with Crippen molar-refractivity contribution in [2.45, 2.75) is 283 Å². The van der Waals surface area contributed by atoms with Crippen LogP contribution in [0.2, 0.25) is 5.02 Å². The Morgan fingerprint density at radius 3 is 1.20 bits per heavy atom. The van der Waals surface area contributed by atoms with E-state index in [2.05, 4.69) is 137 Å². The molecule has 4 saturated carbocycles. The SMILES string of the molecule is C=CCN(Cc1nc2cccnc2n1CC1CC1)C(=O)c1cccc(Cl)c1.CCCCCN(Cc1nc2cccnc2n1C1CCCC1)C(=O)c1ccc(C)cc1.CCCn1c(CN(CCC(C)C)C(=O)c2ccc(C)cc2C)nc2cccnc21.Cc1ccc(C(=O)N(Cc2nc3cccnc3n2C2CCCC2)CC(C)C)cc1.Cc1ccc(C(=O)N(Cc2nc3cccnc3n2C2CCCC2)CC(C)C)cc1C. The van der Waals surface area contributed by atoms with Gasteiger partial charge in [0, 0.05) is 128 Å². The van der Waals surface area contributed by atoms with Gasteiger partial charge in [-0.25, -0.2) is 49.8 Å². The van der Waals surface area contributed by atoms with Crippen molar-refractivity contribution in [1.29, 1.82) is 0 Å². The van der Waals surface area contributed by atoms with E-state index in [0.717, 1.165) is 220 Å². The van der Waals surface area contributed by atoms with E-state index in [4.69, 9.17) is 36.5 Å². The molecule has 0 spiro atoms. The van der Waals surface area contributed by atoms with Gasteiger partial charge in [-0.1, -0.05) is 190 Å². The first-order chi connectivity index (χ1) is 70.2. The largest absolute Gasteiger partial charge is 0.331 e. The summed E-state index contributed by atoms with van der Waals surface area (Å²) < 4.78 is 11.3. The molecule has 0 saturated heterocycles. The highest BCUT2D eigenvalue weighted by molar-refractivity contribution is 6.31. The van der Waals surface area contributed by atoms with Crippen molar-refractivity contribution in [3.05, 3.63) is 309 Å². The molecule has 0 unspecified atom stereocenters. The van der Waals surface area contributed by atoms with Gasteiger partial charge in [0.1, 0.15) is 56.7 Å². The lowest BCUT2D eigenvalue weighted by Crippen LogP contribution is -2.35. The summed E-state index contributed by atoms with van der Waals surface area (Å²) in [5, 5.41) is 0.546. The monoisotopic (exact) mass is 1970 g/mol. The molecule has 760 valence electrons. The normalized spacial score (nSPS) is 13.8. The van der Waals surface area contributed by atoms with Crippen LogP contribution in [0.4, 0.5) is 0 Å². The van der Waals surface area contributed by atoms with Gasteiger partial charge in [0.25, 0.3) is 29.5 Å². The van der Waals surface area contributed by atoms with Gasteiger partial charge in [-0.2, -0.15) is 0 Å². The number of hydrogen-bond donors (Lipinski definition) is 0. The van der Waals surface area contributed by atoms with Crippen LogP contribution in [0.5, 0.6) is 0 Å². The van der Waals surface area contributed by atoms with Crippen LogP contribution in [-0.2, 0) is 45.8 Å². The van der Waals surface area contributed by atoms with Crippen molar-refractivity contribution >= 4 is 97.0 Å². The topological polar surface area (TPSA) is 255 Å². The summed E-state index contributed by atoms with van der Waals surface area (Å²) in [5.41, 5.74) is 19.6. The van der Waals surface area contributed by atoms with Gasteiger partial charge in [0.15, 0.2) is 28.2 Å². The average Bonchev–Trinajstić information content (AvgIpc) is 1.62.